The second-order valence-electron chi connectivity index (χ2n) is 7.34. The van der Waals surface area contributed by atoms with Gasteiger partial charge in [-0.2, -0.15) is 0 Å². The predicted molar refractivity (Wildman–Crippen MR) is 100 cm³/mol. The highest BCUT2D eigenvalue weighted by atomic mass is 32.1. The largest absolute Gasteiger partial charge is 0.356 e. The molecule has 0 bridgehead atoms. The Bertz CT molecular complexity index is 477. The Balaban J connectivity index is 1.26. The number of carbonyl (C=O) groups is 1. The van der Waals surface area contributed by atoms with Crippen LogP contribution in [0.25, 0.3) is 0 Å². The summed E-state index contributed by atoms with van der Waals surface area (Å²) in [4.78, 5) is 16.1. The fourth-order valence-electron chi connectivity index (χ4n) is 3.82. The van der Waals surface area contributed by atoms with Crippen molar-refractivity contribution in [3.8, 4) is 0 Å². The average Bonchev–Trinajstić information content (AvgIpc) is 3.13. The summed E-state index contributed by atoms with van der Waals surface area (Å²) in [5.74, 6) is 1.67. The Hall–Kier alpha value is -0.910. The predicted octanol–water partition coefficient (Wildman–Crippen LogP) is 2.86. The van der Waals surface area contributed by atoms with Gasteiger partial charge in [-0.25, -0.2) is 0 Å². The molecule has 0 aromatic carbocycles. The molecule has 2 fully saturated rings. The molecule has 0 unspecified atom stereocenters. The van der Waals surface area contributed by atoms with E-state index in [1.165, 1.54) is 30.6 Å². The Kier molecular flexibility index (Phi) is 7.12. The number of likely N-dealkylation sites (tertiary alicyclic amines) is 1. The molecule has 2 aliphatic heterocycles. The van der Waals surface area contributed by atoms with Crippen LogP contribution in [0.4, 0.5) is 0 Å². The van der Waals surface area contributed by atoms with Crippen LogP contribution in [0.2, 0.25) is 0 Å². The SMILES string of the molecule is O=C(CCC1CCNCC1)NCC1CCN(Cc2cccs2)CC1. The number of amides is 1. The van der Waals surface area contributed by atoms with Crippen LogP contribution >= 0.6 is 11.3 Å². The fourth-order valence-corrected chi connectivity index (χ4v) is 4.57. The monoisotopic (exact) mass is 349 g/mol. The highest BCUT2D eigenvalue weighted by Gasteiger charge is 2.20. The highest BCUT2D eigenvalue weighted by molar-refractivity contribution is 7.09. The molecule has 1 aromatic heterocycles. The maximum absolute atomic E-state index is 12.1. The summed E-state index contributed by atoms with van der Waals surface area (Å²) in [6.45, 7) is 6.53. The molecule has 1 aromatic rings. The van der Waals surface area contributed by atoms with Crippen molar-refractivity contribution in [2.75, 3.05) is 32.7 Å². The molecule has 134 valence electrons. The summed E-state index contributed by atoms with van der Waals surface area (Å²) in [6, 6.07) is 4.35. The highest BCUT2D eigenvalue weighted by Crippen LogP contribution is 2.21. The number of nitrogens with one attached hydrogen (secondary N) is 2. The minimum Gasteiger partial charge on any atom is -0.356 e. The molecule has 1 amide bonds. The van der Waals surface area contributed by atoms with E-state index in [4.69, 9.17) is 0 Å². The van der Waals surface area contributed by atoms with Crippen molar-refractivity contribution in [2.45, 2.75) is 45.1 Å². The standard InChI is InChI=1S/C19H31N3OS/c23-19(4-3-16-5-9-20-10-6-16)21-14-17-7-11-22(12-8-17)15-18-2-1-13-24-18/h1-2,13,16-17,20H,3-12,14-15H2,(H,21,23). The number of hydrogen-bond acceptors (Lipinski definition) is 4. The van der Waals surface area contributed by atoms with Gasteiger partial charge in [0.15, 0.2) is 0 Å². The van der Waals surface area contributed by atoms with Gasteiger partial charge in [0.25, 0.3) is 0 Å². The summed E-state index contributed by atoms with van der Waals surface area (Å²) in [7, 11) is 0. The van der Waals surface area contributed by atoms with Crippen LogP contribution < -0.4 is 10.6 Å². The molecule has 2 saturated heterocycles. The zero-order valence-corrected chi connectivity index (χ0v) is 15.5. The van der Waals surface area contributed by atoms with E-state index in [1.54, 1.807) is 0 Å². The molecular formula is C19H31N3OS. The van der Waals surface area contributed by atoms with Gasteiger partial charge in [-0.15, -0.1) is 11.3 Å². The van der Waals surface area contributed by atoms with Gasteiger partial charge in [-0.05, 0) is 81.6 Å². The summed E-state index contributed by atoms with van der Waals surface area (Å²) in [6.07, 6.45) is 6.65. The normalized spacial score (nSPS) is 21.0. The lowest BCUT2D eigenvalue weighted by molar-refractivity contribution is -0.121. The molecule has 2 N–H and O–H groups in total. The third-order valence-corrected chi connectivity index (χ3v) is 6.35. The summed E-state index contributed by atoms with van der Waals surface area (Å²) < 4.78 is 0. The number of piperidine rings is 2. The molecule has 24 heavy (non-hydrogen) atoms. The Morgan fingerprint density at radius 1 is 1.21 bits per heavy atom. The zero-order chi connectivity index (χ0) is 16.6. The van der Waals surface area contributed by atoms with E-state index in [0.717, 1.165) is 51.6 Å². The number of hydrogen-bond donors (Lipinski definition) is 2. The molecule has 0 saturated carbocycles. The maximum Gasteiger partial charge on any atom is 0.220 e. The molecular weight excluding hydrogens is 318 g/mol. The van der Waals surface area contributed by atoms with E-state index in [0.29, 0.717) is 12.3 Å². The lowest BCUT2D eigenvalue weighted by atomic mass is 9.93. The Morgan fingerprint density at radius 2 is 2.00 bits per heavy atom. The van der Waals surface area contributed by atoms with Crippen molar-refractivity contribution >= 4 is 17.2 Å². The number of nitrogens with zero attached hydrogens (tertiary/aromatic N) is 1. The first-order valence-corrected chi connectivity index (χ1v) is 10.4. The van der Waals surface area contributed by atoms with Gasteiger partial charge in [0, 0.05) is 24.4 Å². The van der Waals surface area contributed by atoms with Gasteiger partial charge in [-0.1, -0.05) is 6.07 Å². The molecule has 5 heteroatoms. The van der Waals surface area contributed by atoms with E-state index in [-0.39, 0.29) is 5.91 Å². The lowest BCUT2D eigenvalue weighted by Gasteiger charge is -2.31. The third-order valence-electron chi connectivity index (χ3n) is 5.49. The van der Waals surface area contributed by atoms with Crippen molar-refractivity contribution < 1.29 is 4.79 Å². The molecule has 4 nitrogen and oxygen atoms in total. The van der Waals surface area contributed by atoms with Crippen molar-refractivity contribution in [3.05, 3.63) is 22.4 Å². The van der Waals surface area contributed by atoms with Gasteiger partial charge >= 0.3 is 0 Å². The number of thiophene rings is 1. The van der Waals surface area contributed by atoms with E-state index in [1.807, 2.05) is 11.3 Å². The Morgan fingerprint density at radius 3 is 2.71 bits per heavy atom. The van der Waals surface area contributed by atoms with E-state index in [2.05, 4.69) is 33.0 Å². The van der Waals surface area contributed by atoms with Crippen LogP contribution in [-0.2, 0) is 11.3 Å². The van der Waals surface area contributed by atoms with Crippen molar-refractivity contribution in [2.24, 2.45) is 11.8 Å². The minimum atomic E-state index is 0.259. The molecule has 3 rings (SSSR count). The van der Waals surface area contributed by atoms with Gasteiger partial charge in [-0.3, -0.25) is 9.69 Å². The van der Waals surface area contributed by atoms with Gasteiger partial charge in [0.1, 0.15) is 0 Å². The van der Waals surface area contributed by atoms with Crippen LogP contribution in [0.15, 0.2) is 17.5 Å². The van der Waals surface area contributed by atoms with Crippen molar-refractivity contribution in [1.82, 2.24) is 15.5 Å². The fraction of sp³-hybridized carbons (Fsp3) is 0.737. The van der Waals surface area contributed by atoms with Crippen LogP contribution in [0.3, 0.4) is 0 Å². The van der Waals surface area contributed by atoms with Crippen LogP contribution in [0.5, 0.6) is 0 Å². The second kappa shape index (κ2) is 9.54. The van der Waals surface area contributed by atoms with Gasteiger partial charge in [0.2, 0.25) is 5.91 Å². The summed E-state index contributed by atoms with van der Waals surface area (Å²) in [5.41, 5.74) is 0. The first kappa shape index (κ1) is 17.9. The molecule has 0 spiro atoms. The quantitative estimate of drug-likeness (QED) is 0.796. The topological polar surface area (TPSA) is 44.4 Å². The third kappa shape index (κ3) is 5.87. The first-order valence-electron chi connectivity index (χ1n) is 9.52. The van der Waals surface area contributed by atoms with Crippen LogP contribution in [0.1, 0.15) is 43.4 Å². The smallest absolute Gasteiger partial charge is 0.220 e. The van der Waals surface area contributed by atoms with E-state index in [9.17, 15) is 4.79 Å². The number of rotatable bonds is 7. The molecule has 3 heterocycles. The zero-order valence-electron chi connectivity index (χ0n) is 14.6. The Labute approximate surface area is 150 Å². The summed E-state index contributed by atoms with van der Waals surface area (Å²) in [5, 5.41) is 8.72. The average molecular weight is 350 g/mol. The maximum atomic E-state index is 12.1. The molecule has 2 aliphatic rings. The lowest BCUT2D eigenvalue weighted by Crippen LogP contribution is -2.38. The van der Waals surface area contributed by atoms with Crippen molar-refractivity contribution in [1.29, 1.82) is 0 Å². The van der Waals surface area contributed by atoms with Crippen LogP contribution in [-0.4, -0.2) is 43.5 Å². The number of carbonyl (C=O) groups excluding carboxylic acids is 1. The van der Waals surface area contributed by atoms with Crippen LogP contribution in [0, 0.1) is 11.8 Å². The minimum absolute atomic E-state index is 0.259. The van der Waals surface area contributed by atoms with E-state index < -0.39 is 0 Å². The second-order valence-corrected chi connectivity index (χ2v) is 8.37. The molecule has 0 atom stereocenters. The first-order chi connectivity index (χ1) is 11.8. The van der Waals surface area contributed by atoms with E-state index >= 15 is 0 Å². The van der Waals surface area contributed by atoms with Gasteiger partial charge < -0.3 is 10.6 Å². The molecule has 0 aliphatic carbocycles. The molecule has 0 radical (unpaired) electrons. The summed E-state index contributed by atoms with van der Waals surface area (Å²) >= 11 is 1.85. The van der Waals surface area contributed by atoms with Gasteiger partial charge in [0.05, 0.1) is 0 Å². The van der Waals surface area contributed by atoms with Crippen molar-refractivity contribution in [3.63, 3.8) is 0 Å².